The van der Waals surface area contributed by atoms with Crippen molar-refractivity contribution in [3.63, 3.8) is 0 Å². The molecule has 0 radical (unpaired) electrons. The first-order chi connectivity index (χ1) is 16.4. The second-order valence-electron chi connectivity index (χ2n) is 7.38. The van der Waals surface area contributed by atoms with Crippen LogP contribution >= 0.6 is 0 Å². The minimum atomic E-state index is -0.641. The molecule has 0 aliphatic carbocycles. The van der Waals surface area contributed by atoms with Gasteiger partial charge < -0.3 is 24.8 Å². The summed E-state index contributed by atoms with van der Waals surface area (Å²) in [6, 6.07) is 21.4. The van der Waals surface area contributed by atoms with Gasteiger partial charge in [0.05, 0.1) is 13.5 Å². The zero-order valence-electron chi connectivity index (χ0n) is 19.0. The molecule has 0 saturated heterocycles. The molecule has 2 amide bonds. The van der Waals surface area contributed by atoms with Gasteiger partial charge in [0.25, 0.3) is 5.91 Å². The number of anilines is 2. The van der Waals surface area contributed by atoms with E-state index in [1.807, 2.05) is 31.2 Å². The molecule has 0 heterocycles. The van der Waals surface area contributed by atoms with Crippen molar-refractivity contribution in [1.82, 2.24) is 0 Å². The molecule has 0 aliphatic rings. The van der Waals surface area contributed by atoms with Crippen LogP contribution in [0.2, 0.25) is 0 Å². The number of nitrogens with one attached hydrogen (secondary N) is 2. The Balaban J connectivity index is 1.37. The predicted octanol–water partition coefficient (Wildman–Crippen LogP) is 4.70. The van der Waals surface area contributed by atoms with Crippen LogP contribution in [0.1, 0.15) is 18.4 Å². The number of benzene rings is 3. The minimum absolute atomic E-state index is 0.0716. The van der Waals surface area contributed by atoms with Crippen molar-refractivity contribution in [3.8, 4) is 17.2 Å². The van der Waals surface area contributed by atoms with Gasteiger partial charge in [0.15, 0.2) is 6.61 Å². The Bertz CT molecular complexity index is 1140. The van der Waals surface area contributed by atoms with Gasteiger partial charge in [-0.15, -0.1) is 0 Å². The molecule has 0 spiro atoms. The number of esters is 1. The van der Waals surface area contributed by atoms with E-state index >= 15 is 0 Å². The van der Waals surface area contributed by atoms with Gasteiger partial charge in [0, 0.05) is 23.9 Å². The molecule has 0 aliphatic heterocycles. The van der Waals surface area contributed by atoms with Gasteiger partial charge in [0.2, 0.25) is 5.91 Å². The lowest BCUT2D eigenvalue weighted by Crippen LogP contribution is -2.21. The largest absolute Gasteiger partial charge is 0.497 e. The van der Waals surface area contributed by atoms with Gasteiger partial charge in [0.1, 0.15) is 17.2 Å². The Kier molecular flexibility index (Phi) is 8.62. The van der Waals surface area contributed by atoms with Crippen LogP contribution in [-0.4, -0.2) is 31.5 Å². The molecule has 0 bridgehead atoms. The Morgan fingerprint density at radius 3 is 2.24 bits per heavy atom. The number of carbonyl (C=O) groups is 3. The highest BCUT2D eigenvalue weighted by Crippen LogP contribution is 2.25. The summed E-state index contributed by atoms with van der Waals surface area (Å²) in [7, 11) is 1.52. The summed E-state index contributed by atoms with van der Waals surface area (Å²) < 4.78 is 15.9. The van der Waals surface area contributed by atoms with Crippen molar-refractivity contribution in [2.75, 3.05) is 24.4 Å². The summed E-state index contributed by atoms with van der Waals surface area (Å²) in [5.74, 6) is 0.523. The van der Waals surface area contributed by atoms with Gasteiger partial charge in [-0.25, -0.2) is 0 Å². The maximum absolute atomic E-state index is 12.1. The molecule has 0 unspecified atom stereocenters. The molecule has 8 nitrogen and oxygen atoms in total. The third-order valence-electron chi connectivity index (χ3n) is 4.73. The van der Waals surface area contributed by atoms with E-state index in [0.29, 0.717) is 22.9 Å². The lowest BCUT2D eigenvalue weighted by atomic mass is 10.2. The first kappa shape index (κ1) is 24.3. The summed E-state index contributed by atoms with van der Waals surface area (Å²) in [6.07, 6.45) is -0.218. The maximum Gasteiger partial charge on any atom is 0.306 e. The van der Waals surface area contributed by atoms with E-state index in [1.54, 1.807) is 48.5 Å². The average Bonchev–Trinajstić information content (AvgIpc) is 2.84. The van der Waals surface area contributed by atoms with Crippen LogP contribution in [0.5, 0.6) is 17.2 Å². The lowest BCUT2D eigenvalue weighted by Gasteiger charge is -2.10. The molecule has 34 heavy (non-hydrogen) atoms. The third kappa shape index (κ3) is 7.67. The van der Waals surface area contributed by atoms with Gasteiger partial charge in [-0.2, -0.15) is 0 Å². The Labute approximate surface area is 197 Å². The van der Waals surface area contributed by atoms with Crippen LogP contribution in [0.4, 0.5) is 11.4 Å². The van der Waals surface area contributed by atoms with Crippen LogP contribution in [0.25, 0.3) is 0 Å². The van der Waals surface area contributed by atoms with Gasteiger partial charge in [-0.1, -0.05) is 24.3 Å². The molecule has 8 heteroatoms. The molecule has 0 fully saturated rings. The maximum atomic E-state index is 12.1. The van der Waals surface area contributed by atoms with Crippen molar-refractivity contribution >= 4 is 29.2 Å². The summed E-state index contributed by atoms with van der Waals surface area (Å²) in [4.78, 5) is 36.0. The van der Waals surface area contributed by atoms with E-state index in [0.717, 1.165) is 11.3 Å². The molecule has 176 valence electrons. The Morgan fingerprint density at radius 1 is 0.765 bits per heavy atom. The van der Waals surface area contributed by atoms with Crippen LogP contribution in [0.15, 0.2) is 72.8 Å². The first-order valence-corrected chi connectivity index (χ1v) is 10.7. The number of ether oxygens (including phenoxy) is 3. The van der Waals surface area contributed by atoms with Crippen LogP contribution in [-0.2, 0) is 19.1 Å². The first-order valence-electron chi connectivity index (χ1n) is 10.7. The van der Waals surface area contributed by atoms with Crippen LogP contribution in [0.3, 0.4) is 0 Å². The number of amides is 2. The van der Waals surface area contributed by atoms with E-state index in [9.17, 15) is 14.4 Å². The number of aryl methyl sites for hydroxylation is 1. The normalized spacial score (nSPS) is 10.2. The zero-order valence-corrected chi connectivity index (χ0v) is 19.0. The summed E-state index contributed by atoms with van der Waals surface area (Å²) in [5.41, 5.74) is 2.12. The SMILES string of the molecule is COc1cccc(NC(=O)COC(=O)CCC(=O)Nc2ccc(Oc3ccccc3C)cc2)c1. The van der Waals surface area contributed by atoms with Gasteiger partial charge in [-0.05, 0) is 55.0 Å². The monoisotopic (exact) mass is 462 g/mol. The molecule has 3 aromatic carbocycles. The Morgan fingerprint density at radius 2 is 1.50 bits per heavy atom. The fraction of sp³-hybridized carbons (Fsp3) is 0.192. The van der Waals surface area contributed by atoms with Crippen LogP contribution in [0, 0.1) is 6.92 Å². The number of carbonyl (C=O) groups excluding carboxylic acids is 3. The quantitative estimate of drug-likeness (QED) is 0.424. The van der Waals surface area contributed by atoms with Gasteiger partial charge in [-0.3, -0.25) is 14.4 Å². The predicted molar refractivity (Wildman–Crippen MR) is 128 cm³/mol. The summed E-state index contributed by atoms with van der Waals surface area (Å²) >= 11 is 0. The highest BCUT2D eigenvalue weighted by atomic mass is 16.5. The fourth-order valence-corrected chi connectivity index (χ4v) is 2.96. The molecule has 0 aromatic heterocycles. The molecule has 2 N–H and O–H groups in total. The topological polar surface area (TPSA) is 103 Å². The zero-order chi connectivity index (χ0) is 24.3. The number of rotatable bonds is 10. The number of para-hydroxylation sites is 1. The molecular weight excluding hydrogens is 436 g/mol. The standard InChI is InChI=1S/C26H26N2O6/c1-18-6-3-4-9-23(18)34-21-12-10-19(11-13-21)27-24(29)14-15-26(31)33-17-25(30)28-20-7-5-8-22(16-20)32-2/h3-13,16H,14-15,17H2,1-2H3,(H,27,29)(H,28,30). The van der Waals surface area contributed by atoms with Crippen molar-refractivity contribution < 1.29 is 28.6 Å². The highest BCUT2D eigenvalue weighted by molar-refractivity contribution is 5.94. The number of hydrogen-bond acceptors (Lipinski definition) is 6. The molecule has 0 atom stereocenters. The minimum Gasteiger partial charge on any atom is -0.497 e. The van der Waals surface area contributed by atoms with Crippen molar-refractivity contribution in [1.29, 1.82) is 0 Å². The second kappa shape index (κ2) is 12.1. The van der Waals surface area contributed by atoms with E-state index in [-0.39, 0.29) is 18.7 Å². The van der Waals surface area contributed by atoms with Crippen molar-refractivity contribution in [2.45, 2.75) is 19.8 Å². The summed E-state index contributed by atoms with van der Waals surface area (Å²) in [6.45, 7) is 1.52. The van der Waals surface area contributed by atoms with E-state index < -0.39 is 18.5 Å². The highest BCUT2D eigenvalue weighted by Gasteiger charge is 2.11. The molecule has 0 saturated carbocycles. The number of hydrogen-bond donors (Lipinski definition) is 2. The molecule has 3 rings (SSSR count). The lowest BCUT2D eigenvalue weighted by molar-refractivity contribution is -0.147. The Hall–Kier alpha value is -4.33. The fourth-order valence-electron chi connectivity index (χ4n) is 2.96. The van der Waals surface area contributed by atoms with Crippen LogP contribution < -0.4 is 20.1 Å². The van der Waals surface area contributed by atoms with E-state index in [1.165, 1.54) is 7.11 Å². The van der Waals surface area contributed by atoms with Gasteiger partial charge >= 0.3 is 5.97 Å². The third-order valence-corrected chi connectivity index (χ3v) is 4.73. The smallest absolute Gasteiger partial charge is 0.306 e. The second-order valence-corrected chi connectivity index (χ2v) is 7.38. The van der Waals surface area contributed by atoms with Crippen molar-refractivity contribution in [3.05, 3.63) is 78.4 Å². The van der Waals surface area contributed by atoms with E-state index in [4.69, 9.17) is 14.2 Å². The molecule has 3 aromatic rings. The average molecular weight is 463 g/mol. The van der Waals surface area contributed by atoms with E-state index in [2.05, 4.69) is 10.6 Å². The van der Waals surface area contributed by atoms with Crippen molar-refractivity contribution in [2.24, 2.45) is 0 Å². The number of methoxy groups -OCH3 is 1. The molecular formula is C26H26N2O6. The summed E-state index contributed by atoms with van der Waals surface area (Å²) in [5, 5.41) is 5.32.